The molecule has 116 valence electrons. The molecular formula is C15H17N3O3S. The highest BCUT2D eigenvalue weighted by Gasteiger charge is 2.16. The van der Waals surface area contributed by atoms with E-state index in [2.05, 4.69) is 15.8 Å². The second-order valence-electron chi connectivity index (χ2n) is 4.68. The summed E-state index contributed by atoms with van der Waals surface area (Å²) in [4.78, 5) is 23.8. The number of nitrogens with one attached hydrogen (secondary N) is 2. The predicted molar refractivity (Wildman–Crippen MR) is 86.9 cm³/mol. The highest BCUT2D eigenvalue weighted by atomic mass is 32.2. The van der Waals surface area contributed by atoms with Gasteiger partial charge < -0.3 is 15.2 Å². The average molecular weight is 319 g/mol. The molecule has 1 atom stereocenters. The molecule has 1 unspecified atom stereocenters. The summed E-state index contributed by atoms with van der Waals surface area (Å²) in [5.41, 5.74) is 0.739. The molecule has 2 rings (SSSR count). The van der Waals surface area contributed by atoms with Gasteiger partial charge in [-0.1, -0.05) is 23.4 Å². The van der Waals surface area contributed by atoms with Gasteiger partial charge in [-0.05, 0) is 26.0 Å². The normalized spacial score (nSPS) is 11.7. The van der Waals surface area contributed by atoms with Crippen LogP contribution in [-0.2, 0) is 9.59 Å². The van der Waals surface area contributed by atoms with Gasteiger partial charge in [0.05, 0.1) is 11.0 Å². The van der Waals surface area contributed by atoms with Crippen molar-refractivity contribution >= 4 is 35.1 Å². The van der Waals surface area contributed by atoms with E-state index in [-0.39, 0.29) is 22.8 Å². The lowest BCUT2D eigenvalue weighted by Crippen LogP contribution is -2.25. The standard InChI is InChI=1S/C15H17N3O3S/c1-10-8-13(18-21-10)17-15(20)11(2)22-9-14(19)16-12-6-4-3-5-7-12/h3-8,11H,9H2,1-2H3,(H,16,19)(H,17,18,20). The Morgan fingerprint density at radius 1 is 1.27 bits per heavy atom. The molecule has 0 spiro atoms. The molecule has 6 nitrogen and oxygen atoms in total. The van der Waals surface area contributed by atoms with Crippen LogP contribution < -0.4 is 10.6 Å². The number of nitrogens with zero attached hydrogens (tertiary/aromatic N) is 1. The molecule has 2 N–H and O–H groups in total. The first-order valence-corrected chi connectivity index (χ1v) is 7.80. The Bertz CT molecular complexity index is 642. The maximum absolute atomic E-state index is 11.9. The van der Waals surface area contributed by atoms with Gasteiger partial charge in [-0.3, -0.25) is 9.59 Å². The molecule has 0 saturated heterocycles. The van der Waals surface area contributed by atoms with E-state index in [0.717, 1.165) is 5.69 Å². The number of para-hydroxylation sites is 1. The minimum absolute atomic E-state index is 0.145. The summed E-state index contributed by atoms with van der Waals surface area (Å²) in [5, 5.41) is 8.73. The average Bonchev–Trinajstić information content (AvgIpc) is 2.91. The van der Waals surface area contributed by atoms with E-state index in [0.29, 0.717) is 11.6 Å². The van der Waals surface area contributed by atoms with Gasteiger partial charge in [-0.2, -0.15) is 0 Å². The van der Waals surface area contributed by atoms with E-state index in [4.69, 9.17) is 4.52 Å². The summed E-state index contributed by atoms with van der Waals surface area (Å²) in [6.45, 7) is 3.48. The predicted octanol–water partition coefficient (Wildman–Crippen LogP) is 2.68. The van der Waals surface area contributed by atoms with Crippen molar-refractivity contribution in [2.75, 3.05) is 16.4 Å². The number of amides is 2. The van der Waals surface area contributed by atoms with Gasteiger partial charge >= 0.3 is 0 Å². The van der Waals surface area contributed by atoms with Crippen LogP contribution in [0.4, 0.5) is 11.5 Å². The van der Waals surface area contributed by atoms with Crippen molar-refractivity contribution in [2.24, 2.45) is 0 Å². The SMILES string of the molecule is Cc1cc(NC(=O)C(C)SCC(=O)Nc2ccccc2)no1. The largest absolute Gasteiger partial charge is 0.360 e. The number of carbonyl (C=O) groups is 2. The van der Waals surface area contributed by atoms with Gasteiger partial charge in [0.1, 0.15) is 5.76 Å². The second-order valence-corrected chi connectivity index (χ2v) is 6.01. The minimum Gasteiger partial charge on any atom is -0.360 e. The summed E-state index contributed by atoms with van der Waals surface area (Å²) >= 11 is 1.26. The summed E-state index contributed by atoms with van der Waals surface area (Å²) in [7, 11) is 0. The summed E-state index contributed by atoms with van der Waals surface area (Å²) in [6, 6.07) is 10.8. The van der Waals surface area contributed by atoms with Crippen molar-refractivity contribution in [3.63, 3.8) is 0 Å². The van der Waals surface area contributed by atoms with Crippen LogP contribution in [0.1, 0.15) is 12.7 Å². The van der Waals surface area contributed by atoms with Crippen molar-refractivity contribution in [1.82, 2.24) is 5.16 Å². The van der Waals surface area contributed by atoms with Crippen LogP contribution in [0.15, 0.2) is 40.9 Å². The van der Waals surface area contributed by atoms with Crippen LogP contribution in [0.25, 0.3) is 0 Å². The first kappa shape index (κ1) is 16.1. The van der Waals surface area contributed by atoms with Crippen LogP contribution in [0.3, 0.4) is 0 Å². The van der Waals surface area contributed by atoms with E-state index in [9.17, 15) is 9.59 Å². The number of aryl methyl sites for hydroxylation is 1. The second kappa shape index (κ2) is 7.65. The number of benzene rings is 1. The van der Waals surface area contributed by atoms with E-state index >= 15 is 0 Å². The number of hydrogen-bond acceptors (Lipinski definition) is 5. The zero-order valence-electron chi connectivity index (χ0n) is 12.3. The van der Waals surface area contributed by atoms with E-state index in [1.54, 1.807) is 19.9 Å². The fourth-order valence-electron chi connectivity index (χ4n) is 1.65. The van der Waals surface area contributed by atoms with Crippen molar-refractivity contribution in [3.8, 4) is 0 Å². The smallest absolute Gasteiger partial charge is 0.238 e. The maximum atomic E-state index is 11.9. The lowest BCUT2D eigenvalue weighted by Gasteiger charge is -2.10. The Labute approximate surface area is 132 Å². The Morgan fingerprint density at radius 3 is 2.64 bits per heavy atom. The van der Waals surface area contributed by atoms with E-state index in [1.807, 2.05) is 30.3 Å². The monoisotopic (exact) mass is 319 g/mol. The summed E-state index contributed by atoms with van der Waals surface area (Å²) in [6.07, 6.45) is 0. The van der Waals surface area contributed by atoms with Crippen molar-refractivity contribution in [2.45, 2.75) is 19.1 Å². The Hall–Kier alpha value is -2.28. The molecule has 0 aliphatic rings. The van der Waals surface area contributed by atoms with Crippen LogP contribution in [0.5, 0.6) is 0 Å². The molecule has 0 aliphatic carbocycles. The van der Waals surface area contributed by atoms with Gasteiger partial charge in [0.15, 0.2) is 5.82 Å². The highest BCUT2D eigenvalue weighted by molar-refractivity contribution is 8.01. The number of hydrogen-bond donors (Lipinski definition) is 2. The molecule has 1 heterocycles. The molecular weight excluding hydrogens is 302 g/mol. The van der Waals surface area contributed by atoms with Crippen molar-refractivity contribution in [1.29, 1.82) is 0 Å². The zero-order valence-corrected chi connectivity index (χ0v) is 13.1. The molecule has 2 aromatic rings. The van der Waals surface area contributed by atoms with Gasteiger partial charge in [0.2, 0.25) is 11.8 Å². The lowest BCUT2D eigenvalue weighted by molar-refractivity contribution is -0.115. The molecule has 0 radical (unpaired) electrons. The molecule has 2 amide bonds. The Balaban J connectivity index is 1.75. The molecule has 0 bridgehead atoms. The fourth-order valence-corrected chi connectivity index (χ4v) is 2.33. The van der Waals surface area contributed by atoms with Crippen molar-refractivity contribution < 1.29 is 14.1 Å². The lowest BCUT2D eigenvalue weighted by atomic mass is 10.3. The van der Waals surface area contributed by atoms with Crippen LogP contribution in [0.2, 0.25) is 0 Å². The Kier molecular flexibility index (Phi) is 5.60. The Morgan fingerprint density at radius 2 is 2.00 bits per heavy atom. The maximum Gasteiger partial charge on any atom is 0.238 e. The molecule has 1 aromatic carbocycles. The molecule has 7 heteroatoms. The first-order valence-electron chi connectivity index (χ1n) is 6.75. The highest BCUT2D eigenvalue weighted by Crippen LogP contribution is 2.15. The minimum atomic E-state index is -0.376. The van der Waals surface area contributed by atoms with Gasteiger partial charge in [0, 0.05) is 11.8 Å². The third-order valence-corrected chi connectivity index (χ3v) is 3.91. The quantitative estimate of drug-likeness (QED) is 0.855. The zero-order chi connectivity index (χ0) is 15.9. The van der Waals surface area contributed by atoms with Crippen LogP contribution >= 0.6 is 11.8 Å². The number of carbonyl (C=O) groups excluding carboxylic acids is 2. The molecule has 0 fully saturated rings. The number of aromatic nitrogens is 1. The van der Waals surface area contributed by atoms with Crippen LogP contribution in [0, 0.1) is 6.92 Å². The fraction of sp³-hybridized carbons (Fsp3) is 0.267. The van der Waals surface area contributed by atoms with E-state index < -0.39 is 0 Å². The molecule has 22 heavy (non-hydrogen) atoms. The van der Waals surface area contributed by atoms with Gasteiger partial charge in [-0.15, -0.1) is 11.8 Å². The number of rotatable bonds is 6. The first-order chi connectivity index (χ1) is 10.5. The van der Waals surface area contributed by atoms with Crippen LogP contribution in [-0.4, -0.2) is 28.0 Å². The summed E-state index contributed by atoms with van der Waals surface area (Å²) in [5.74, 6) is 0.835. The third-order valence-electron chi connectivity index (χ3n) is 2.77. The van der Waals surface area contributed by atoms with Gasteiger partial charge in [-0.25, -0.2) is 0 Å². The van der Waals surface area contributed by atoms with Crippen molar-refractivity contribution in [3.05, 3.63) is 42.2 Å². The topological polar surface area (TPSA) is 84.2 Å². The number of thioether (sulfide) groups is 1. The molecule has 0 aliphatic heterocycles. The van der Waals surface area contributed by atoms with E-state index in [1.165, 1.54) is 11.8 Å². The number of anilines is 2. The van der Waals surface area contributed by atoms with Gasteiger partial charge in [0.25, 0.3) is 0 Å². The molecule has 1 aromatic heterocycles. The third kappa shape index (κ3) is 4.92. The molecule has 0 saturated carbocycles. The summed E-state index contributed by atoms with van der Waals surface area (Å²) < 4.78 is 4.87.